The summed E-state index contributed by atoms with van der Waals surface area (Å²) in [6.45, 7) is 1.22. The SMILES string of the molecule is O=C(CSc1cn(Cc2cccc(F)c2)c2ccccc12)NCc1ccc2c(c1)OCO2. The maximum absolute atomic E-state index is 13.6. The minimum absolute atomic E-state index is 0.0466. The molecule has 162 valence electrons. The van der Waals surface area contributed by atoms with E-state index in [1.54, 1.807) is 12.1 Å². The zero-order valence-corrected chi connectivity index (χ0v) is 18.0. The van der Waals surface area contributed by atoms with E-state index in [0.29, 0.717) is 24.6 Å². The number of thioether (sulfide) groups is 1. The standard InChI is InChI=1S/C25H21FN2O3S/c26-19-5-3-4-18(10-19)13-28-14-24(20-6-1-2-7-21(20)28)32-15-25(29)27-12-17-8-9-22-23(11-17)31-16-30-22/h1-11,14H,12-13,15-16H2,(H,27,29). The number of benzene rings is 3. The van der Waals surface area contributed by atoms with E-state index in [-0.39, 0.29) is 18.5 Å². The van der Waals surface area contributed by atoms with Crippen molar-refractivity contribution in [2.45, 2.75) is 18.0 Å². The van der Waals surface area contributed by atoms with Crippen LogP contribution in [0.3, 0.4) is 0 Å². The number of rotatable bonds is 7. The van der Waals surface area contributed by atoms with Crippen LogP contribution in [0.15, 0.2) is 77.8 Å². The molecule has 0 radical (unpaired) electrons. The number of aromatic nitrogens is 1. The lowest BCUT2D eigenvalue weighted by molar-refractivity contribution is -0.118. The van der Waals surface area contributed by atoms with Crippen molar-refractivity contribution in [3.05, 3.63) is 89.9 Å². The molecule has 1 aliphatic heterocycles. The summed E-state index contributed by atoms with van der Waals surface area (Å²) in [6.07, 6.45) is 2.03. The fraction of sp³-hybridized carbons (Fsp3) is 0.160. The second-order valence-corrected chi connectivity index (χ2v) is 8.54. The Morgan fingerprint density at radius 2 is 1.88 bits per heavy atom. The lowest BCUT2D eigenvalue weighted by Gasteiger charge is -2.06. The zero-order valence-electron chi connectivity index (χ0n) is 17.2. The first-order valence-corrected chi connectivity index (χ1v) is 11.2. The van der Waals surface area contributed by atoms with Gasteiger partial charge in [-0.1, -0.05) is 36.4 Å². The van der Waals surface area contributed by atoms with Crippen LogP contribution >= 0.6 is 11.8 Å². The van der Waals surface area contributed by atoms with Crippen molar-refractivity contribution in [1.82, 2.24) is 9.88 Å². The second kappa shape index (κ2) is 8.96. The number of carbonyl (C=O) groups is 1. The largest absolute Gasteiger partial charge is 0.454 e. The molecule has 0 saturated carbocycles. The van der Waals surface area contributed by atoms with Crippen LogP contribution in [0.1, 0.15) is 11.1 Å². The minimum atomic E-state index is -0.243. The van der Waals surface area contributed by atoms with Crippen molar-refractivity contribution in [2.75, 3.05) is 12.5 Å². The third kappa shape index (κ3) is 4.43. The topological polar surface area (TPSA) is 52.5 Å². The highest BCUT2D eigenvalue weighted by Crippen LogP contribution is 2.33. The van der Waals surface area contributed by atoms with Crippen molar-refractivity contribution >= 4 is 28.6 Å². The van der Waals surface area contributed by atoms with Gasteiger partial charge in [0.25, 0.3) is 0 Å². The van der Waals surface area contributed by atoms with Gasteiger partial charge in [-0.05, 0) is 41.5 Å². The van der Waals surface area contributed by atoms with Crippen LogP contribution in [0.25, 0.3) is 10.9 Å². The molecule has 0 bridgehead atoms. The molecule has 0 aliphatic carbocycles. The van der Waals surface area contributed by atoms with Crippen LogP contribution in [-0.2, 0) is 17.9 Å². The van der Waals surface area contributed by atoms with Crippen molar-refractivity contribution < 1.29 is 18.7 Å². The van der Waals surface area contributed by atoms with E-state index >= 15 is 0 Å². The number of amides is 1. The van der Waals surface area contributed by atoms with E-state index in [4.69, 9.17) is 9.47 Å². The number of carbonyl (C=O) groups excluding carboxylic acids is 1. The van der Waals surface area contributed by atoms with Crippen LogP contribution in [0.4, 0.5) is 4.39 Å². The summed E-state index contributed by atoms with van der Waals surface area (Å²) in [5.74, 6) is 1.45. The number of para-hydroxylation sites is 1. The highest BCUT2D eigenvalue weighted by molar-refractivity contribution is 8.00. The predicted molar refractivity (Wildman–Crippen MR) is 123 cm³/mol. The summed E-state index contributed by atoms with van der Waals surface area (Å²) < 4.78 is 26.4. The molecule has 3 aromatic carbocycles. The molecule has 5 nitrogen and oxygen atoms in total. The van der Waals surface area contributed by atoms with Crippen LogP contribution < -0.4 is 14.8 Å². The number of hydrogen-bond donors (Lipinski definition) is 1. The Bertz CT molecular complexity index is 1290. The summed E-state index contributed by atoms with van der Waals surface area (Å²) in [5.41, 5.74) is 2.91. The fourth-order valence-corrected chi connectivity index (χ4v) is 4.66. The smallest absolute Gasteiger partial charge is 0.231 e. The van der Waals surface area contributed by atoms with E-state index in [9.17, 15) is 9.18 Å². The lowest BCUT2D eigenvalue weighted by atomic mass is 10.2. The summed E-state index contributed by atoms with van der Waals surface area (Å²) in [4.78, 5) is 13.5. The summed E-state index contributed by atoms with van der Waals surface area (Å²) >= 11 is 1.50. The van der Waals surface area contributed by atoms with Crippen LogP contribution in [0, 0.1) is 5.82 Å². The number of hydrogen-bond acceptors (Lipinski definition) is 4. The Hall–Kier alpha value is -3.45. The maximum Gasteiger partial charge on any atom is 0.231 e. The fourth-order valence-electron chi connectivity index (χ4n) is 3.74. The second-order valence-electron chi connectivity index (χ2n) is 7.52. The molecular formula is C25H21FN2O3S. The van der Waals surface area contributed by atoms with Gasteiger partial charge < -0.3 is 19.4 Å². The summed E-state index contributed by atoms with van der Waals surface area (Å²) in [5, 5.41) is 4.04. The molecule has 4 aromatic rings. The van der Waals surface area contributed by atoms with Gasteiger partial charge in [0, 0.05) is 35.1 Å². The number of nitrogens with one attached hydrogen (secondary N) is 1. The highest BCUT2D eigenvalue weighted by Gasteiger charge is 2.14. The minimum Gasteiger partial charge on any atom is -0.454 e. The molecule has 1 aromatic heterocycles. The van der Waals surface area contributed by atoms with E-state index in [0.717, 1.165) is 32.7 Å². The molecule has 0 spiro atoms. The first-order valence-electron chi connectivity index (χ1n) is 10.3. The molecule has 5 rings (SSSR count). The van der Waals surface area contributed by atoms with E-state index in [2.05, 4.69) is 9.88 Å². The third-order valence-corrected chi connectivity index (χ3v) is 6.32. The van der Waals surface area contributed by atoms with E-state index in [1.165, 1.54) is 17.8 Å². The summed E-state index contributed by atoms with van der Waals surface area (Å²) in [7, 11) is 0. The third-order valence-electron chi connectivity index (χ3n) is 5.28. The average molecular weight is 449 g/mol. The Kier molecular flexibility index (Phi) is 5.73. The molecule has 32 heavy (non-hydrogen) atoms. The first kappa shape index (κ1) is 20.5. The van der Waals surface area contributed by atoms with Gasteiger partial charge in [0.05, 0.1) is 5.75 Å². The van der Waals surface area contributed by atoms with Gasteiger partial charge in [0.15, 0.2) is 11.5 Å². The monoisotopic (exact) mass is 448 g/mol. The van der Waals surface area contributed by atoms with Crippen LogP contribution in [0.5, 0.6) is 11.5 Å². The van der Waals surface area contributed by atoms with Gasteiger partial charge in [-0.25, -0.2) is 4.39 Å². The quantitative estimate of drug-likeness (QED) is 0.406. The molecule has 2 heterocycles. The van der Waals surface area contributed by atoms with E-state index < -0.39 is 0 Å². The molecule has 7 heteroatoms. The molecule has 0 unspecified atom stereocenters. The number of halogens is 1. The Morgan fingerprint density at radius 1 is 1.00 bits per heavy atom. The maximum atomic E-state index is 13.6. The van der Waals surface area contributed by atoms with Gasteiger partial charge in [-0.15, -0.1) is 11.8 Å². The highest BCUT2D eigenvalue weighted by atomic mass is 32.2. The number of nitrogens with zero attached hydrogens (tertiary/aromatic N) is 1. The molecule has 0 fully saturated rings. The zero-order chi connectivity index (χ0) is 21.9. The van der Waals surface area contributed by atoms with Gasteiger partial charge in [0.1, 0.15) is 5.82 Å². The van der Waals surface area contributed by atoms with Gasteiger partial charge in [-0.2, -0.15) is 0 Å². The van der Waals surface area contributed by atoms with Gasteiger partial charge in [-0.3, -0.25) is 4.79 Å². The Morgan fingerprint density at radius 3 is 2.78 bits per heavy atom. The Balaban J connectivity index is 1.24. The van der Waals surface area contributed by atoms with Crippen LogP contribution in [-0.4, -0.2) is 23.0 Å². The van der Waals surface area contributed by atoms with E-state index in [1.807, 2.05) is 54.7 Å². The Labute approximate surface area is 189 Å². The van der Waals surface area contributed by atoms with Crippen molar-refractivity contribution in [1.29, 1.82) is 0 Å². The lowest BCUT2D eigenvalue weighted by Crippen LogP contribution is -2.24. The first-order chi connectivity index (χ1) is 15.7. The molecule has 0 atom stereocenters. The number of fused-ring (bicyclic) bond motifs is 2. The molecule has 1 amide bonds. The summed E-state index contributed by atoms with van der Waals surface area (Å²) in [6, 6.07) is 20.3. The average Bonchev–Trinajstić information content (AvgIpc) is 3.41. The molecular weight excluding hydrogens is 427 g/mol. The molecule has 1 N–H and O–H groups in total. The van der Waals surface area contributed by atoms with Crippen molar-refractivity contribution in [3.63, 3.8) is 0 Å². The van der Waals surface area contributed by atoms with Gasteiger partial charge in [0.2, 0.25) is 12.7 Å². The van der Waals surface area contributed by atoms with Crippen molar-refractivity contribution in [2.24, 2.45) is 0 Å². The van der Waals surface area contributed by atoms with Gasteiger partial charge >= 0.3 is 0 Å². The van der Waals surface area contributed by atoms with Crippen LogP contribution in [0.2, 0.25) is 0 Å². The normalized spacial score (nSPS) is 12.3. The number of ether oxygens (including phenoxy) is 2. The van der Waals surface area contributed by atoms with Crippen molar-refractivity contribution in [3.8, 4) is 11.5 Å². The molecule has 1 aliphatic rings. The predicted octanol–water partition coefficient (Wildman–Crippen LogP) is 4.97. The molecule has 0 saturated heterocycles.